The van der Waals surface area contributed by atoms with Crippen molar-refractivity contribution in [3.63, 3.8) is 0 Å². The molecule has 1 saturated heterocycles. The minimum Gasteiger partial charge on any atom is -0.411 e. The molecule has 2 heterocycles. The van der Waals surface area contributed by atoms with E-state index in [-0.39, 0.29) is 11.2 Å². The number of benzene rings is 2. The third-order valence-corrected chi connectivity index (χ3v) is 6.16. The van der Waals surface area contributed by atoms with Crippen molar-refractivity contribution in [3.05, 3.63) is 65.2 Å². The highest BCUT2D eigenvalue weighted by atomic mass is 32.2. The van der Waals surface area contributed by atoms with Crippen molar-refractivity contribution in [2.24, 2.45) is 0 Å². The van der Waals surface area contributed by atoms with Gasteiger partial charge in [-0.15, -0.1) is 10.2 Å². The van der Waals surface area contributed by atoms with Crippen molar-refractivity contribution in [2.45, 2.75) is 43.6 Å². The van der Waals surface area contributed by atoms with Gasteiger partial charge in [0.1, 0.15) is 5.25 Å². The van der Waals surface area contributed by atoms with Crippen LogP contribution in [-0.2, 0) is 4.79 Å². The van der Waals surface area contributed by atoms with E-state index in [1.165, 1.54) is 18.2 Å². The number of likely N-dealkylation sites (tertiary alicyclic amines) is 1. The molecular formula is C23H25N3O2S. The number of rotatable bonds is 5. The van der Waals surface area contributed by atoms with Crippen LogP contribution in [0.1, 0.15) is 41.2 Å². The third kappa shape index (κ3) is 4.70. The molecule has 0 bridgehead atoms. The molecule has 0 aliphatic carbocycles. The normalized spacial score (nSPS) is 15.3. The summed E-state index contributed by atoms with van der Waals surface area (Å²) in [5.41, 5.74) is 4.16. The highest BCUT2D eigenvalue weighted by Gasteiger charge is 2.29. The van der Waals surface area contributed by atoms with E-state index >= 15 is 0 Å². The average molecular weight is 408 g/mol. The van der Waals surface area contributed by atoms with Gasteiger partial charge in [-0.3, -0.25) is 4.79 Å². The SMILES string of the molecule is Cc1cc(C)cc(-c2nnc(SC(C(=O)N3CCCCC3)c3ccccc3)o2)c1. The van der Waals surface area contributed by atoms with Crippen molar-refractivity contribution >= 4 is 17.7 Å². The van der Waals surface area contributed by atoms with Gasteiger partial charge in [-0.25, -0.2) is 0 Å². The standard InChI is InChI=1S/C23H25N3O2S/c1-16-13-17(2)15-19(14-16)21-24-25-23(28-21)29-20(18-9-5-3-6-10-18)22(27)26-11-7-4-8-12-26/h3,5-6,9-10,13-15,20H,4,7-8,11-12H2,1-2H3. The number of aromatic nitrogens is 2. The number of amides is 1. The van der Waals surface area contributed by atoms with Crippen molar-refractivity contribution in [1.29, 1.82) is 0 Å². The van der Waals surface area contributed by atoms with Gasteiger partial charge in [0.25, 0.3) is 5.22 Å². The summed E-state index contributed by atoms with van der Waals surface area (Å²) in [5, 5.41) is 8.47. The molecule has 2 aromatic carbocycles. The van der Waals surface area contributed by atoms with Crippen LogP contribution in [0.5, 0.6) is 0 Å². The fourth-order valence-electron chi connectivity index (χ4n) is 3.74. The van der Waals surface area contributed by atoms with E-state index in [9.17, 15) is 4.79 Å². The summed E-state index contributed by atoms with van der Waals surface area (Å²) in [6, 6.07) is 16.0. The molecule has 1 aliphatic rings. The molecule has 3 aromatic rings. The van der Waals surface area contributed by atoms with Crippen LogP contribution in [0.15, 0.2) is 58.2 Å². The Labute approximate surface area is 175 Å². The number of hydrogen-bond acceptors (Lipinski definition) is 5. The van der Waals surface area contributed by atoms with Gasteiger partial charge in [0.05, 0.1) is 0 Å². The van der Waals surface area contributed by atoms with Crippen LogP contribution in [0.3, 0.4) is 0 Å². The summed E-state index contributed by atoms with van der Waals surface area (Å²) in [6.45, 7) is 5.73. The number of piperidine rings is 1. The van der Waals surface area contributed by atoms with Gasteiger partial charge in [0.15, 0.2) is 0 Å². The van der Waals surface area contributed by atoms with E-state index in [1.54, 1.807) is 0 Å². The van der Waals surface area contributed by atoms with Crippen LogP contribution < -0.4 is 0 Å². The lowest BCUT2D eigenvalue weighted by molar-refractivity contribution is -0.131. The Kier molecular flexibility index (Phi) is 6.00. The van der Waals surface area contributed by atoms with Crippen LogP contribution in [0, 0.1) is 13.8 Å². The molecule has 1 aromatic heterocycles. The third-order valence-electron chi connectivity index (χ3n) is 5.09. The molecular weight excluding hydrogens is 382 g/mol. The lowest BCUT2D eigenvalue weighted by Crippen LogP contribution is -2.38. The summed E-state index contributed by atoms with van der Waals surface area (Å²) < 4.78 is 5.94. The maximum atomic E-state index is 13.3. The van der Waals surface area contributed by atoms with Crippen LogP contribution in [-0.4, -0.2) is 34.1 Å². The molecule has 0 saturated carbocycles. The molecule has 1 atom stereocenters. The highest BCUT2D eigenvalue weighted by Crippen LogP contribution is 2.37. The Balaban J connectivity index is 1.59. The van der Waals surface area contributed by atoms with E-state index in [0.717, 1.165) is 48.2 Å². The molecule has 0 radical (unpaired) electrons. The lowest BCUT2D eigenvalue weighted by atomic mass is 10.1. The van der Waals surface area contributed by atoms with Crippen molar-refractivity contribution in [1.82, 2.24) is 15.1 Å². The second-order valence-corrected chi connectivity index (χ2v) is 8.60. The molecule has 150 valence electrons. The zero-order valence-electron chi connectivity index (χ0n) is 16.8. The summed E-state index contributed by atoms with van der Waals surface area (Å²) >= 11 is 1.34. The first-order valence-corrected chi connectivity index (χ1v) is 10.9. The highest BCUT2D eigenvalue weighted by molar-refractivity contribution is 8.00. The van der Waals surface area contributed by atoms with Crippen LogP contribution in [0.25, 0.3) is 11.5 Å². The fraction of sp³-hybridized carbons (Fsp3) is 0.348. The number of hydrogen-bond donors (Lipinski definition) is 0. The van der Waals surface area contributed by atoms with Crippen molar-refractivity contribution in [3.8, 4) is 11.5 Å². The maximum absolute atomic E-state index is 13.3. The summed E-state index contributed by atoms with van der Waals surface area (Å²) in [5.74, 6) is 0.601. The number of carbonyl (C=O) groups is 1. The van der Waals surface area contributed by atoms with Gasteiger partial charge in [-0.05, 0) is 62.6 Å². The topological polar surface area (TPSA) is 59.2 Å². The zero-order chi connectivity index (χ0) is 20.2. The number of carbonyl (C=O) groups excluding carboxylic acids is 1. The molecule has 0 N–H and O–H groups in total. The van der Waals surface area contributed by atoms with E-state index in [0.29, 0.717) is 11.1 Å². The molecule has 29 heavy (non-hydrogen) atoms. The summed E-state index contributed by atoms with van der Waals surface area (Å²) in [4.78, 5) is 15.3. The second-order valence-electron chi connectivity index (χ2n) is 7.54. The Morgan fingerprint density at radius 1 is 1.00 bits per heavy atom. The molecule has 1 aliphatic heterocycles. The Morgan fingerprint density at radius 3 is 2.38 bits per heavy atom. The molecule has 6 heteroatoms. The summed E-state index contributed by atoms with van der Waals surface area (Å²) in [7, 11) is 0. The molecule has 1 fully saturated rings. The van der Waals surface area contributed by atoms with Gasteiger partial charge in [-0.2, -0.15) is 0 Å². The molecule has 1 unspecified atom stereocenters. The predicted octanol–water partition coefficient (Wildman–Crippen LogP) is 5.20. The van der Waals surface area contributed by atoms with E-state index in [4.69, 9.17) is 4.42 Å². The van der Waals surface area contributed by atoms with Crippen molar-refractivity contribution < 1.29 is 9.21 Å². The molecule has 1 amide bonds. The first-order chi connectivity index (χ1) is 14.1. The number of thioether (sulfide) groups is 1. The summed E-state index contributed by atoms with van der Waals surface area (Å²) in [6.07, 6.45) is 3.32. The maximum Gasteiger partial charge on any atom is 0.277 e. The zero-order valence-corrected chi connectivity index (χ0v) is 17.6. The quantitative estimate of drug-likeness (QED) is 0.544. The van der Waals surface area contributed by atoms with Crippen LogP contribution >= 0.6 is 11.8 Å². The predicted molar refractivity (Wildman–Crippen MR) is 115 cm³/mol. The first kappa shape index (κ1) is 19.7. The second kappa shape index (κ2) is 8.82. The minimum absolute atomic E-state index is 0.118. The van der Waals surface area contributed by atoms with E-state index in [1.807, 2.05) is 61.2 Å². The van der Waals surface area contributed by atoms with Crippen LogP contribution in [0.2, 0.25) is 0 Å². The van der Waals surface area contributed by atoms with Gasteiger partial charge in [0.2, 0.25) is 11.8 Å². The monoisotopic (exact) mass is 407 g/mol. The Hall–Kier alpha value is -2.60. The molecule has 4 rings (SSSR count). The Morgan fingerprint density at radius 2 is 1.69 bits per heavy atom. The average Bonchev–Trinajstić information content (AvgIpc) is 3.21. The molecule has 0 spiro atoms. The Bertz CT molecular complexity index is 961. The van der Waals surface area contributed by atoms with Crippen molar-refractivity contribution in [2.75, 3.05) is 13.1 Å². The molecule has 5 nitrogen and oxygen atoms in total. The van der Waals surface area contributed by atoms with Gasteiger partial charge < -0.3 is 9.32 Å². The van der Waals surface area contributed by atoms with E-state index in [2.05, 4.69) is 16.3 Å². The first-order valence-electron chi connectivity index (χ1n) is 10.0. The largest absolute Gasteiger partial charge is 0.411 e. The van der Waals surface area contributed by atoms with Gasteiger partial charge in [0, 0.05) is 18.7 Å². The smallest absolute Gasteiger partial charge is 0.277 e. The lowest BCUT2D eigenvalue weighted by Gasteiger charge is -2.29. The minimum atomic E-state index is -0.387. The van der Waals surface area contributed by atoms with E-state index < -0.39 is 0 Å². The van der Waals surface area contributed by atoms with Gasteiger partial charge >= 0.3 is 0 Å². The van der Waals surface area contributed by atoms with Crippen LogP contribution in [0.4, 0.5) is 0 Å². The fourth-order valence-corrected chi connectivity index (χ4v) is 4.70. The number of nitrogens with zero attached hydrogens (tertiary/aromatic N) is 3. The van der Waals surface area contributed by atoms with Gasteiger partial charge in [-0.1, -0.05) is 47.5 Å². The number of aryl methyl sites for hydroxylation is 2.